The molecule has 4 rings (SSSR count). The van der Waals surface area contributed by atoms with Crippen LogP contribution in [-0.4, -0.2) is 48.2 Å². The summed E-state index contributed by atoms with van der Waals surface area (Å²) in [6, 6.07) is 8.16. The number of hydrogen-bond acceptors (Lipinski definition) is 4. The van der Waals surface area contributed by atoms with E-state index in [1.807, 2.05) is 17.9 Å². The van der Waals surface area contributed by atoms with Gasteiger partial charge in [0.1, 0.15) is 17.1 Å². The van der Waals surface area contributed by atoms with Gasteiger partial charge in [0.2, 0.25) is 0 Å². The standard InChI is InChI=1S/C22H26FN3O3/c1-2-29-19-15-20(27)26-10-6-5-9-18(26)21(19)22(28)25-13-11-24(12-14-25)17-8-4-3-7-16(17)23/h3-4,7-8,15H,2,5-6,9-14H2,1H3. The first-order chi connectivity index (χ1) is 14.1. The Morgan fingerprint density at radius 2 is 1.86 bits per heavy atom. The molecular weight excluding hydrogens is 373 g/mol. The minimum atomic E-state index is -0.248. The number of anilines is 1. The molecule has 2 aromatic rings. The van der Waals surface area contributed by atoms with Crippen molar-refractivity contribution in [3.63, 3.8) is 0 Å². The van der Waals surface area contributed by atoms with Crippen molar-refractivity contribution < 1.29 is 13.9 Å². The summed E-state index contributed by atoms with van der Waals surface area (Å²) in [6.07, 6.45) is 2.60. The molecule has 0 bridgehead atoms. The fourth-order valence-electron chi connectivity index (χ4n) is 4.25. The summed E-state index contributed by atoms with van der Waals surface area (Å²) in [4.78, 5) is 29.6. The summed E-state index contributed by atoms with van der Waals surface area (Å²) in [6.45, 7) is 5.00. The highest BCUT2D eigenvalue weighted by Gasteiger charge is 2.30. The van der Waals surface area contributed by atoms with Crippen LogP contribution < -0.4 is 15.2 Å². The lowest BCUT2D eigenvalue weighted by atomic mass is 10.0. The normalized spacial score (nSPS) is 16.5. The van der Waals surface area contributed by atoms with Crippen molar-refractivity contribution in [1.29, 1.82) is 0 Å². The Balaban J connectivity index is 1.59. The zero-order valence-electron chi connectivity index (χ0n) is 16.7. The topological polar surface area (TPSA) is 54.8 Å². The van der Waals surface area contributed by atoms with Crippen molar-refractivity contribution in [2.45, 2.75) is 32.7 Å². The number of benzene rings is 1. The first kappa shape index (κ1) is 19.5. The Labute approximate surface area is 169 Å². The molecule has 6 nitrogen and oxygen atoms in total. The number of carbonyl (C=O) groups is 1. The van der Waals surface area contributed by atoms with E-state index in [4.69, 9.17) is 4.74 Å². The number of nitrogens with zero attached hydrogens (tertiary/aromatic N) is 3. The predicted molar refractivity (Wildman–Crippen MR) is 109 cm³/mol. The molecule has 0 unspecified atom stereocenters. The zero-order chi connectivity index (χ0) is 20.4. The van der Waals surface area contributed by atoms with Gasteiger partial charge in [0.25, 0.3) is 11.5 Å². The molecule has 2 aliphatic heterocycles. The van der Waals surface area contributed by atoms with Gasteiger partial charge >= 0.3 is 0 Å². The third-order valence-electron chi connectivity index (χ3n) is 5.70. The number of para-hydroxylation sites is 1. The average molecular weight is 399 g/mol. The summed E-state index contributed by atoms with van der Waals surface area (Å²) in [7, 11) is 0. The van der Waals surface area contributed by atoms with Crippen molar-refractivity contribution in [3.05, 3.63) is 57.8 Å². The number of pyridine rings is 1. The highest BCUT2D eigenvalue weighted by atomic mass is 19.1. The number of hydrogen-bond donors (Lipinski definition) is 0. The molecule has 0 saturated carbocycles. The molecule has 1 saturated heterocycles. The van der Waals surface area contributed by atoms with Gasteiger partial charge < -0.3 is 19.1 Å². The van der Waals surface area contributed by atoms with E-state index in [-0.39, 0.29) is 17.3 Å². The van der Waals surface area contributed by atoms with Gasteiger partial charge in [0.05, 0.1) is 12.3 Å². The Kier molecular flexibility index (Phi) is 5.56. The molecule has 0 atom stereocenters. The average Bonchev–Trinajstić information content (AvgIpc) is 2.74. The van der Waals surface area contributed by atoms with Gasteiger partial charge in [-0.25, -0.2) is 4.39 Å². The van der Waals surface area contributed by atoms with Crippen molar-refractivity contribution in [1.82, 2.24) is 9.47 Å². The zero-order valence-corrected chi connectivity index (χ0v) is 16.7. The van der Waals surface area contributed by atoms with Crippen molar-refractivity contribution in [2.75, 3.05) is 37.7 Å². The van der Waals surface area contributed by atoms with E-state index in [0.717, 1.165) is 18.5 Å². The van der Waals surface area contributed by atoms with Crippen molar-refractivity contribution in [3.8, 4) is 5.75 Å². The number of piperazine rings is 1. The highest BCUT2D eigenvalue weighted by Crippen LogP contribution is 2.28. The number of ether oxygens (including phenoxy) is 1. The number of aromatic nitrogens is 1. The summed E-state index contributed by atoms with van der Waals surface area (Å²) in [5.74, 6) is 0.0295. The van der Waals surface area contributed by atoms with E-state index < -0.39 is 0 Å². The third kappa shape index (κ3) is 3.73. The number of amides is 1. The van der Waals surface area contributed by atoms with Gasteiger partial charge in [0.15, 0.2) is 0 Å². The fourth-order valence-corrected chi connectivity index (χ4v) is 4.25. The molecule has 154 valence electrons. The van der Waals surface area contributed by atoms with Crippen LogP contribution in [0.25, 0.3) is 0 Å². The lowest BCUT2D eigenvalue weighted by Gasteiger charge is -2.37. The maximum Gasteiger partial charge on any atom is 0.259 e. The lowest BCUT2D eigenvalue weighted by molar-refractivity contribution is 0.0739. The molecule has 29 heavy (non-hydrogen) atoms. The molecule has 1 fully saturated rings. The highest BCUT2D eigenvalue weighted by molar-refractivity contribution is 5.98. The van der Waals surface area contributed by atoms with E-state index >= 15 is 0 Å². The van der Waals surface area contributed by atoms with E-state index in [1.54, 1.807) is 21.6 Å². The van der Waals surface area contributed by atoms with Gasteiger partial charge in [0, 0.05) is 44.5 Å². The first-order valence-electron chi connectivity index (χ1n) is 10.3. The Bertz CT molecular complexity index is 964. The molecule has 0 radical (unpaired) electrons. The predicted octanol–water partition coefficient (Wildman–Crippen LogP) is 2.68. The molecule has 1 aromatic heterocycles. The summed E-state index contributed by atoms with van der Waals surface area (Å²) >= 11 is 0. The van der Waals surface area contributed by atoms with E-state index in [1.165, 1.54) is 12.1 Å². The Morgan fingerprint density at radius 1 is 1.10 bits per heavy atom. The maximum atomic E-state index is 14.1. The van der Waals surface area contributed by atoms with Crippen LogP contribution in [0.4, 0.5) is 10.1 Å². The molecule has 2 aliphatic rings. The van der Waals surface area contributed by atoms with E-state index in [0.29, 0.717) is 62.8 Å². The number of rotatable bonds is 4. The summed E-state index contributed by atoms with van der Waals surface area (Å²) < 4.78 is 21.5. The van der Waals surface area contributed by atoms with Crippen LogP contribution in [0.1, 0.15) is 35.8 Å². The van der Waals surface area contributed by atoms with Crippen LogP contribution in [-0.2, 0) is 13.0 Å². The molecule has 1 aromatic carbocycles. The minimum absolute atomic E-state index is 0.104. The number of fused-ring (bicyclic) bond motifs is 1. The molecule has 1 amide bonds. The van der Waals surface area contributed by atoms with E-state index in [9.17, 15) is 14.0 Å². The molecule has 3 heterocycles. The number of halogens is 1. The fraction of sp³-hybridized carbons (Fsp3) is 0.455. The van der Waals surface area contributed by atoms with Crippen LogP contribution in [0.15, 0.2) is 35.1 Å². The lowest BCUT2D eigenvalue weighted by Crippen LogP contribution is -2.49. The van der Waals surface area contributed by atoms with Gasteiger partial charge in [-0.3, -0.25) is 9.59 Å². The van der Waals surface area contributed by atoms with Crippen LogP contribution in [0.3, 0.4) is 0 Å². The second-order valence-electron chi connectivity index (χ2n) is 7.44. The third-order valence-corrected chi connectivity index (χ3v) is 5.70. The van der Waals surface area contributed by atoms with Gasteiger partial charge in [-0.2, -0.15) is 0 Å². The molecule has 7 heteroatoms. The van der Waals surface area contributed by atoms with Crippen LogP contribution in [0.5, 0.6) is 5.75 Å². The number of carbonyl (C=O) groups excluding carboxylic acids is 1. The van der Waals surface area contributed by atoms with Crippen molar-refractivity contribution >= 4 is 11.6 Å². The minimum Gasteiger partial charge on any atom is -0.493 e. The van der Waals surface area contributed by atoms with Crippen LogP contribution in [0.2, 0.25) is 0 Å². The quantitative estimate of drug-likeness (QED) is 0.793. The van der Waals surface area contributed by atoms with Crippen LogP contribution >= 0.6 is 0 Å². The van der Waals surface area contributed by atoms with Gasteiger partial charge in [-0.1, -0.05) is 12.1 Å². The monoisotopic (exact) mass is 399 g/mol. The van der Waals surface area contributed by atoms with Gasteiger partial charge in [-0.15, -0.1) is 0 Å². The SMILES string of the molecule is CCOc1cc(=O)n2c(c1C(=O)N1CCN(c3ccccc3F)CC1)CCCC2. The molecular formula is C22H26FN3O3. The van der Waals surface area contributed by atoms with Gasteiger partial charge in [-0.05, 0) is 38.3 Å². The second kappa shape index (κ2) is 8.27. The smallest absolute Gasteiger partial charge is 0.259 e. The maximum absolute atomic E-state index is 14.1. The largest absolute Gasteiger partial charge is 0.493 e. The Morgan fingerprint density at radius 3 is 2.59 bits per heavy atom. The van der Waals surface area contributed by atoms with Crippen LogP contribution in [0, 0.1) is 5.82 Å². The molecule has 0 aliphatic carbocycles. The first-order valence-corrected chi connectivity index (χ1v) is 10.3. The summed E-state index contributed by atoms with van der Waals surface area (Å²) in [5, 5.41) is 0. The second-order valence-corrected chi connectivity index (χ2v) is 7.44. The van der Waals surface area contributed by atoms with Crippen molar-refractivity contribution in [2.24, 2.45) is 0 Å². The summed E-state index contributed by atoms with van der Waals surface area (Å²) in [5.41, 5.74) is 1.77. The molecule has 0 N–H and O–H groups in total. The Hall–Kier alpha value is -2.83. The van der Waals surface area contributed by atoms with E-state index in [2.05, 4.69) is 0 Å². The molecule has 0 spiro atoms.